The summed E-state index contributed by atoms with van der Waals surface area (Å²) in [5, 5.41) is 5.88. The predicted octanol–water partition coefficient (Wildman–Crippen LogP) is 3.91. The molecule has 4 aromatic rings. The molecule has 3 aromatic heterocycles. The number of amides is 1. The molecule has 0 saturated heterocycles. The third kappa shape index (κ3) is 5.72. The van der Waals surface area contributed by atoms with Gasteiger partial charge in [-0.15, -0.1) is 5.10 Å². The van der Waals surface area contributed by atoms with Crippen molar-refractivity contribution >= 4 is 23.8 Å². The van der Waals surface area contributed by atoms with Gasteiger partial charge in [0.15, 0.2) is 5.82 Å². The number of benzene rings is 1. The maximum absolute atomic E-state index is 13.8. The Morgan fingerprint density at radius 2 is 1.71 bits per heavy atom. The molecule has 0 saturated carbocycles. The van der Waals surface area contributed by atoms with Gasteiger partial charge in [0.2, 0.25) is 6.41 Å². The summed E-state index contributed by atoms with van der Waals surface area (Å²) in [6.07, 6.45) is -0.528. The summed E-state index contributed by atoms with van der Waals surface area (Å²) < 4.78 is 44.9. The van der Waals surface area contributed by atoms with Gasteiger partial charge in [-0.05, 0) is 29.8 Å². The smallest absolute Gasteiger partial charge is 0.417 e. The van der Waals surface area contributed by atoms with Crippen LogP contribution in [-0.2, 0) is 17.5 Å². The number of halogens is 4. The predicted molar refractivity (Wildman–Crippen MR) is 132 cm³/mol. The second-order valence-electron chi connectivity index (χ2n) is 7.89. The molecule has 1 aromatic carbocycles. The zero-order chi connectivity index (χ0) is 27.4. The molecule has 0 atom stereocenters. The highest BCUT2D eigenvalue weighted by Gasteiger charge is 2.30. The second-order valence-corrected chi connectivity index (χ2v) is 8.33. The number of aromatic nitrogens is 5. The molecule has 38 heavy (non-hydrogen) atoms. The highest BCUT2D eigenvalue weighted by atomic mass is 35.5. The molecule has 0 fully saturated rings. The topological polar surface area (TPSA) is 115 Å². The number of anilines is 1. The number of hydrogen-bond acceptors (Lipinski definition) is 8. The van der Waals surface area contributed by atoms with Crippen LogP contribution in [0.5, 0.6) is 6.01 Å². The molecule has 0 aliphatic rings. The molecular weight excluding hydrogens is 527 g/mol. The Balaban J connectivity index is 1.94. The van der Waals surface area contributed by atoms with Crippen LogP contribution in [0, 0.1) is 0 Å². The fraction of sp³-hybridized carbons (Fsp3) is 0.167. The first-order chi connectivity index (χ1) is 18.1. The van der Waals surface area contributed by atoms with Crippen molar-refractivity contribution < 1.29 is 22.7 Å². The van der Waals surface area contributed by atoms with Crippen LogP contribution in [0.1, 0.15) is 11.3 Å². The molecule has 0 spiro atoms. The molecule has 0 unspecified atom stereocenters. The molecular formula is C24H19ClF3N7O3. The van der Waals surface area contributed by atoms with E-state index >= 15 is 0 Å². The van der Waals surface area contributed by atoms with Gasteiger partial charge in [-0.1, -0.05) is 23.7 Å². The number of pyridine rings is 1. The SMILES string of the molecule is COc1ncc(-c2c(NN(C)C=O)nn(Cc3ccc(C(F)(F)F)cn3)c(=O)c2-c2ccc(Cl)cc2)cn1. The standard InChI is InChI=1S/C24H19ClF3N7O3/c1-34(13-36)32-21-19(15-9-30-23(38-2)31-10-15)20(14-3-6-17(25)7-4-14)22(37)35(33-21)12-18-8-5-16(11-29-18)24(26,27)28/h3-11,13H,12H2,1-2H3,(H,32,33). The average Bonchev–Trinajstić information content (AvgIpc) is 2.90. The van der Waals surface area contributed by atoms with Crippen LogP contribution >= 0.6 is 11.6 Å². The van der Waals surface area contributed by atoms with Crippen LogP contribution in [0.2, 0.25) is 5.02 Å². The molecule has 0 aliphatic heterocycles. The monoisotopic (exact) mass is 545 g/mol. The van der Waals surface area contributed by atoms with Gasteiger partial charge in [-0.3, -0.25) is 25.0 Å². The van der Waals surface area contributed by atoms with Crippen molar-refractivity contribution in [3.8, 4) is 28.3 Å². The summed E-state index contributed by atoms with van der Waals surface area (Å²) in [5.74, 6) is 0.0739. The van der Waals surface area contributed by atoms with E-state index in [0.717, 1.165) is 21.8 Å². The Kier molecular flexibility index (Phi) is 7.57. The van der Waals surface area contributed by atoms with Gasteiger partial charge in [0.05, 0.1) is 30.5 Å². The van der Waals surface area contributed by atoms with E-state index in [9.17, 15) is 22.8 Å². The average molecular weight is 546 g/mol. The van der Waals surface area contributed by atoms with Crippen LogP contribution < -0.4 is 15.7 Å². The normalized spacial score (nSPS) is 11.2. The van der Waals surface area contributed by atoms with Crippen LogP contribution in [0.25, 0.3) is 22.3 Å². The summed E-state index contributed by atoms with van der Waals surface area (Å²) in [5.41, 5.74) is 2.71. The fourth-order valence-electron chi connectivity index (χ4n) is 3.50. The van der Waals surface area contributed by atoms with Gasteiger partial charge in [-0.2, -0.15) is 13.2 Å². The lowest BCUT2D eigenvalue weighted by atomic mass is 9.98. The molecule has 196 valence electrons. The molecule has 0 radical (unpaired) electrons. The number of alkyl halides is 3. The van der Waals surface area contributed by atoms with Crippen molar-refractivity contribution in [2.75, 3.05) is 19.6 Å². The first kappa shape index (κ1) is 26.5. The number of nitrogens with one attached hydrogen (secondary N) is 1. The van der Waals surface area contributed by atoms with Crippen molar-refractivity contribution in [2.45, 2.75) is 12.7 Å². The van der Waals surface area contributed by atoms with E-state index < -0.39 is 17.3 Å². The number of carbonyl (C=O) groups excluding carboxylic acids is 1. The molecule has 3 heterocycles. The third-order valence-corrected chi connectivity index (χ3v) is 5.54. The number of hydrogen-bond donors (Lipinski definition) is 1. The largest absolute Gasteiger partial charge is 0.467 e. The second kappa shape index (κ2) is 10.8. The minimum Gasteiger partial charge on any atom is -0.467 e. The van der Waals surface area contributed by atoms with E-state index in [0.29, 0.717) is 28.8 Å². The summed E-state index contributed by atoms with van der Waals surface area (Å²) in [4.78, 5) is 37.2. The fourth-order valence-corrected chi connectivity index (χ4v) is 3.63. The van der Waals surface area contributed by atoms with Crippen LogP contribution in [-0.4, -0.2) is 50.3 Å². The van der Waals surface area contributed by atoms with Crippen LogP contribution in [0.3, 0.4) is 0 Å². The molecule has 1 amide bonds. The van der Waals surface area contributed by atoms with Gasteiger partial charge in [-0.25, -0.2) is 14.6 Å². The maximum atomic E-state index is 13.8. The third-order valence-electron chi connectivity index (χ3n) is 5.29. The lowest BCUT2D eigenvalue weighted by Crippen LogP contribution is -2.31. The first-order valence-corrected chi connectivity index (χ1v) is 11.2. The minimum absolute atomic E-state index is 0.0739. The zero-order valence-electron chi connectivity index (χ0n) is 19.9. The van der Waals surface area contributed by atoms with Gasteiger partial charge in [0.25, 0.3) is 5.56 Å². The number of rotatable bonds is 8. The Bertz CT molecular complexity index is 1490. The minimum atomic E-state index is -4.55. The Morgan fingerprint density at radius 1 is 1.03 bits per heavy atom. The van der Waals surface area contributed by atoms with Gasteiger partial charge < -0.3 is 4.74 Å². The highest BCUT2D eigenvalue weighted by molar-refractivity contribution is 6.30. The van der Waals surface area contributed by atoms with Gasteiger partial charge in [0.1, 0.15) is 0 Å². The van der Waals surface area contributed by atoms with Crippen molar-refractivity contribution in [1.29, 1.82) is 0 Å². The molecule has 14 heteroatoms. The van der Waals surface area contributed by atoms with E-state index in [-0.39, 0.29) is 35.2 Å². The molecule has 0 bridgehead atoms. The number of carbonyl (C=O) groups is 1. The van der Waals surface area contributed by atoms with Gasteiger partial charge in [0, 0.05) is 41.8 Å². The van der Waals surface area contributed by atoms with Crippen molar-refractivity contribution in [3.63, 3.8) is 0 Å². The first-order valence-electron chi connectivity index (χ1n) is 10.8. The number of methoxy groups -OCH3 is 1. The van der Waals surface area contributed by atoms with E-state index in [1.165, 1.54) is 26.6 Å². The molecule has 1 N–H and O–H groups in total. The lowest BCUT2D eigenvalue weighted by Gasteiger charge is -2.20. The van der Waals surface area contributed by atoms with Crippen molar-refractivity contribution in [1.82, 2.24) is 29.7 Å². The van der Waals surface area contributed by atoms with Gasteiger partial charge >= 0.3 is 12.2 Å². The number of hydrazine groups is 1. The van der Waals surface area contributed by atoms with E-state index in [2.05, 4.69) is 25.5 Å². The van der Waals surface area contributed by atoms with Crippen molar-refractivity contribution in [3.05, 3.63) is 81.6 Å². The van der Waals surface area contributed by atoms with E-state index in [4.69, 9.17) is 16.3 Å². The quantitative estimate of drug-likeness (QED) is 0.262. The van der Waals surface area contributed by atoms with Crippen molar-refractivity contribution in [2.24, 2.45) is 0 Å². The summed E-state index contributed by atoms with van der Waals surface area (Å²) in [7, 11) is 2.83. The Labute approximate surface area is 218 Å². The maximum Gasteiger partial charge on any atom is 0.417 e. The molecule has 0 aliphatic carbocycles. The highest BCUT2D eigenvalue weighted by Crippen LogP contribution is 2.35. The lowest BCUT2D eigenvalue weighted by molar-refractivity contribution is -0.137. The summed E-state index contributed by atoms with van der Waals surface area (Å²) >= 11 is 6.06. The zero-order valence-corrected chi connectivity index (χ0v) is 20.7. The molecule has 4 rings (SSSR count). The van der Waals surface area contributed by atoms with E-state index in [1.807, 2.05) is 0 Å². The number of ether oxygens (including phenoxy) is 1. The Morgan fingerprint density at radius 3 is 2.26 bits per heavy atom. The Hall–Kier alpha value is -4.52. The van der Waals surface area contributed by atoms with E-state index in [1.54, 1.807) is 24.3 Å². The summed E-state index contributed by atoms with van der Waals surface area (Å²) in [6.45, 7) is -0.254. The van der Waals surface area contributed by atoms with Crippen LogP contribution in [0.15, 0.2) is 59.8 Å². The molecule has 10 nitrogen and oxygen atoms in total. The number of nitrogens with zero attached hydrogens (tertiary/aromatic N) is 6. The van der Waals surface area contributed by atoms with Crippen LogP contribution in [0.4, 0.5) is 19.0 Å². The summed E-state index contributed by atoms with van der Waals surface area (Å²) in [6, 6.07) is 8.57.